The molecule has 0 aromatic carbocycles. The first-order valence-electron chi connectivity index (χ1n) is 6.87. The largest absolute Gasteiger partial charge is 0.380 e. The van der Waals surface area contributed by atoms with Crippen molar-refractivity contribution in [2.45, 2.75) is 50.7 Å². The minimum Gasteiger partial charge on any atom is -0.380 e. The lowest BCUT2D eigenvalue weighted by Gasteiger charge is -2.15. The number of rotatable bonds is 8. The van der Waals surface area contributed by atoms with Gasteiger partial charge in [0.05, 0.1) is 6.10 Å². The smallest absolute Gasteiger partial charge is 0.0710 e. The maximum Gasteiger partial charge on any atom is 0.0710 e. The van der Waals surface area contributed by atoms with E-state index >= 15 is 0 Å². The van der Waals surface area contributed by atoms with Gasteiger partial charge in [0.25, 0.3) is 0 Å². The summed E-state index contributed by atoms with van der Waals surface area (Å²) >= 11 is 0. The number of likely N-dealkylation sites (tertiary alicyclic amines) is 1. The summed E-state index contributed by atoms with van der Waals surface area (Å²) < 4.78 is 5.37. The molecule has 0 radical (unpaired) electrons. The fourth-order valence-electron chi connectivity index (χ4n) is 2.42. The summed E-state index contributed by atoms with van der Waals surface area (Å²) in [5.74, 6) is 0. The molecule has 3 heteroatoms. The van der Waals surface area contributed by atoms with Crippen LogP contribution in [0.5, 0.6) is 0 Å². The van der Waals surface area contributed by atoms with Crippen molar-refractivity contribution in [2.75, 3.05) is 33.3 Å². The Morgan fingerprint density at radius 3 is 2.75 bits per heavy atom. The fraction of sp³-hybridized carbons (Fsp3) is 1.00. The van der Waals surface area contributed by atoms with E-state index in [0.717, 1.165) is 12.6 Å². The number of nitrogens with zero attached hydrogens (tertiary/aromatic N) is 1. The van der Waals surface area contributed by atoms with Crippen molar-refractivity contribution >= 4 is 0 Å². The molecule has 0 bridgehead atoms. The van der Waals surface area contributed by atoms with Gasteiger partial charge < -0.3 is 15.0 Å². The highest BCUT2D eigenvalue weighted by molar-refractivity contribution is 4.80. The van der Waals surface area contributed by atoms with Crippen molar-refractivity contribution in [2.24, 2.45) is 0 Å². The molecule has 1 saturated carbocycles. The Morgan fingerprint density at radius 1 is 1.19 bits per heavy atom. The number of unbranched alkanes of at least 4 members (excludes halogenated alkanes) is 2. The molecule has 1 heterocycles. The second-order valence-electron chi connectivity index (χ2n) is 5.24. The molecule has 2 aliphatic rings. The standard InChI is InChI=1S/C13H26N2O/c1-16-13-7-10-15(11-13)9-4-2-3-8-14-12-5-6-12/h12-14H,2-11H2,1H3. The zero-order valence-electron chi connectivity index (χ0n) is 10.6. The maximum absolute atomic E-state index is 5.37. The highest BCUT2D eigenvalue weighted by atomic mass is 16.5. The Morgan fingerprint density at radius 2 is 2.06 bits per heavy atom. The Balaban J connectivity index is 1.39. The fourth-order valence-corrected chi connectivity index (χ4v) is 2.42. The normalized spacial score (nSPS) is 26.4. The van der Waals surface area contributed by atoms with Gasteiger partial charge in [-0.2, -0.15) is 0 Å². The lowest BCUT2D eigenvalue weighted by molar-refractivity contribution is 0.108. The topological polar surface area (TPSA) is 24.5 Å². The summed E-state index contributed by atoms with van der Waals surface area (Å²) in [7, 11) is 1.83. The van der Waals surface area contributed by atoms with E-state index in [1.54, 1.807) is 0 Å². The first-order chi connectivity index (χ1) is 7.88. The molecule has 1 atom stereocenters. The highest BCUT2D eigenvalue weighted by Crippen LogP contribution is 2.18. The third kappa shape index (κ3) is 4.40. The summed E-state index contributed by atoms with van der Waals surface area (Å²) in [4.78, 5) is 2.54. The van der Waals surface area contributed by atoms with E-state index in [1.807, 2.05) is 7.11 Å². The molecule has 1 N–H and O–H groups in total. The second kappa shape index (κ2) is 6.58. The first kappa shape index (κ1) is 12.3. The zero-order chi connectivity index (χ0) is 11.2. The predicted molar refractivity (Wildman–Crippen MR) is 66.7 cm³/mol. The van der Waals surface area contributed by atoms with Gasteiger partial charge in [-0.15, -0.1) is 0 Å². The van der Waals surface area contributed by atoms with Crippen LogP contribution in [0.15, 0.2) is 0 Å². The van der Waals surface area contributed by atoms with E-state index in [-0.39, 0.29) is 0 Å². The lowest BCUT2D eigenvalue weighted by Crippen LogP contribution is -2.24. The number of hydrogen-bond donors (Lipinski definition) is 1. The van der Waals surface area contributed by atoms with Crippen molar-refractivity contribution < 1.29 is 4.74 Å². The molecule has 0 aromatic rings. The average molecular weight is 226 g/mol. The van der Waals surface area contributed by atoms with Crippen LogP contribution in [-0.2, 0) is 4.74 Å². The SMILES string of the molecule is COC1CCN(CCCCCNC2CC2)C1. The average Bonchev–Trinajstić information content (AvgIpc) is 3.01. The minimum absolute atomic E-state index is 0.497. The van der Waals surface area contributed by atoms with Crippen LogP contribution in [0.3, 0.4) is 0 Å². The van der Waals surface area contributed by atoms with Gasteiger partial charge in [0, 0.05) is 26.2 Å². The Hall–Kier alpha value is -0.120. The summed E-state index contributed by atoms with van der Waals surface area (Å²) in [5, 5.41) is 3.57. The van der Waals surface area contributed by atoms with Crippen LogP contribution >= 0.6 is 0 Å². The molecule has 0 spiro atoms. The molecule has 2 rings (SSSR count). The van der Waals surface area contributed by atoms with Crippen molar-refractivity contribution in [1.29, 1.82) is 0 Å². The number of hydrogen-bond acceptors (Lipinski definition) is 3. The summed E-state index contributed by atoms with van der Waals surface area (Å²) in [6.07, 6.45) is 8.60. The van der Waals surface area contributed by atoms with E-state index in [0.29, 0.717) is 6.10 Å². The van der Waals surface area contributed by atoms with E-state index in [2.05, 4.69) is 10.2 Å². The molecule has 1 aliphatic carbocycles. The van der Waals surface area contributed by atoms with Gasteiger partial charge in [-0.05, 0) is 45.2 Å². The van der Waals surface area contributed by atoms with Crippen LogP contribution in [0.2, 0.25) is 0 Å². The van der Waals surface area contributed by atoms with Crippen molar-refractivity contribution in [3.8, 4) is 0 Å². The Bertz CT molecular complexity index is 194. The summed E-state index contributed by atoms with van der Waals surface area (Å²) in [6.45, 7) is 4.88. The maximum atomic E-state index is 5.37. The summed E-state index contributed by atoms with van der Waals surface area (Å²) in [6, 6.07) is 0.876. The summed E-state index contributed by atoms with van der Waals surface area (Å²) in [5.41, 5.74) is 0. The molecule has 1 saturated heterocycles. The Labute approximate surface area is 99.5 Å². The van der Waals surface area contributed by atoms with Crippen molar-refractivity contribution in [1.82, 2.24) is 10.2 Å². The van der Waals surface area contributed by atoms with E-state index < -0.39 is 0 Å². The van der Waals surface area contributed by atoms with Gasteiger partial charge in [0.2, 0.25) is 0 Å². The van der Waals surface area contributed by atoms with Gasteiger partial charge in [-0.25, -0.2) is 0 Å². The van der Waals surface area contributed by atoms with E-state index in [1.165, 1.54) is 58.2 Å². The Kier molecular flexibility index (Phi) is 5.07. The number of methoxy groups -OCH3 is 1. The van der Waals surface area contributed by atoms with Crippen LogP contribution in [0.4, 0.5) is 0 Å². The van der Waals surface area contributed by atoms with Gasteiger partial charge >= 0.3 is 0 Å². The van der Waals surface area contributed by atoms with Crippen LogP contribution in [-0.4, -0.2) is 50.3 Å². The highest BCUT2D eigenvalue weighted by Gasteiger charge is 2.21. The van der Waals surface area contributed by atoms with Gasteiger partial charge in [-0.1, -0.05) is 6.42 Å². The van der Waals surface area contributed by atoms with Gasteiger partial charge in [-0.3, -0.25) is 0 Å². The van der Waals surface area contributed by atoms with Gasteiger partial charge in [0.15, 0.2) is 0 Å². The molecule has 2 fully saturated rings. The van der Waals surface area contributed by atoms with Crippen LogP contribution in [0.1, 0.15) is 38.5 Å². The van der Waals surface area contributed by atoms with Crippen molar-refractivity contribution in [3.05, 3.63) is 0 Å². The quantitative estimate of drug-likeness (QED) is 0.637. The second-order valence-corrected chi connectivity index (χ2v) is 5.24. The monoisotopic (exact) mass is 226 g/mol. The van der Waals surface area contributed by atoms with E-state index in [9.17, 15) is 0 Å². The molecule has 94 valence electrons. The van der Waals surface area contributed by atoms with Crippen LogP contribution in [0.25, 0.3) is 0 Å². The van der Waals surface area contributed by atoms with Gasteiger partial charge in [0.1, 0.15) is 0 Å². The third-order valence-electron chi connectivity index (χ3n) is 3.72. The van der Waals surface area contributed by atoms with Crippen molar-refractivity contribution in [3.63, 3.8) is 0 Å². The number of ether oxygens (including phenoxy) is 1. The molecule has 16 heavy (non-hydrogen) atoms. The van der Waals surface area contributed by atoms with Crippen LogP contribution in [0, 0.1) is 0 Å². The molecular formula is C13H26N2O. The minimum atomic E-state index is 0.497. The molecule has 3 nitrogen and oxygen atoms in total. The third-order valence-corrected chi connectivity index (χ3v) is 3.72. The molecule has 1 aliphatic heterocycles. The molecule has 1 unspecified atom stereocenters. The molecular weight excluding hydrogens is 200 g/mol. The zero-order valence-corrected chi connectivity index (χ0v) is 10.6. The molecule has 0 aromatic heterocycles. The molecule has 0 amide bonds. The first-order valence-corrected chi connectivity index (χ1v) is 6.87. The number of nitrogens with one attached hydrogen (secondary N) is 1. The van der Waals surface area contributed by atoms with E-state index in [4.69, 9.17) is 4.74 Å². The van der Waals surface area contributed by atoms with Crippen LogP contribution < -0.4 is 5.32 Å². The predicted octanol–water partition coefficient (Wildman–Crippen LogP) is 1.63. The lowest BCUT2D eigenvalue weighted by atomic mass is 10.2.